The van der Waals surface area contributed by atoms with Gasteiger partial charge in [0.05, 0.1) is 6.04 Å². The minimum absolute atomic E-state index is 0.0229. The molecule has 0 aliphatic rings. The summed E-state index contributed by atoms with van der Waals surface area (Å²) in [4.78, 5) is 8.05. The third-order valence-corrected chi connectivity index (χ3v) is 3.17. The molecule has 1 aromatic carbocycles. The third kappa shape index (κ3) is 3.47. The van der Waals surface area contributed by atoms with Crippen molar-refractivity contribution in [2.45, 2.75) is 13.0 Å². The van der Waals surface area contributed by atoms with Gasteiger partial charge in [-0.25, -0.2) is 15.8 Å². The summed E-state index contributed by atoms with van der Waals surface area (Å²) in [5, 5.41) is 4.44. The summed E-state index contributed by atoms with van der Waals surface area (Å²) >= 11 is 12.0. The van der Waals surface area contributed by atoms with Gasteiger partial charge >= 0.3 is 0 Å². The van der Waals surface area contributed by atoms with E-state index < -0.39 is 0 Å². The van der Waals surface area contributed by atoms with Gasteiger partial charge in [-0.3, -0.25) is 0 Å². The number of halogens is 2. The van der Waals surface area contributed by atoms with E-state index in [2.05, 4.69) is 20.7 Å². The van der Waals surface area contributed by atoms with Gasteiger partial charge in [-0.2, -0.15) is 0 Å². The molecule has 0 radical (unpaired) electrons. The second-order valence-electron chi connectivity index (χ2n) is 3.96. The van der Waals surface area contributed by atoms with Crippen molar-refractivity contribution in [1.82, 2.24) is 9.97 Å². The molecule has 4 N–H and O–H groups in total. The standard InChI is InChI=1S/C12H13Cl2N5/c1-7(9-3-2-8(13)4-10(9)14)18-11-5-12(19-15)17-6-16-11/h2-7H,15H2,1H3,(H2,16,17,18,19). The van der Waals surface area contributed by atoms with Crippen molar-refractivity contribution in [3.63, 3.8) is 0 Å². The lowest BCUT2D eigenvalue weighted by Crippen LogP contribution is -2.12. The number of anilines is 2. The van der Waals surface area contributed by atoms with Gasteiger partial charge < -0.3 is 10.7 Å². The van der Waals surface area contributed by atoms with E-state index in [0.717, 1.165) is 5.56 Å². The number of benzene rings is 1. The topological polar surface area (TPSA) is 75.9 Å². The number of nitrogens with one attached hydrogen (secondary N) is 2. The van der Waals surface area contributed by atoms with Crippen molar-refractivity contribution in [3.8, 4) is 0 Å². The highest BCUT2D eigenvalue weighted by Crippen LogP contribution is 2.28. The molecule has 1 aromatic heterocycles. The Morgan fingerprint density at radius 2 is 1.89 bits per heavy atom. The Morgan fingerprint density at radius 1 is 1.16 bits per heavy atom. The molecule has 0 saturated heterocycles. The fourth-order valence-electron chi connectivity index (χ4n) is 1.67. The van der Waals surface area contributed by atoms with E-state index in [1.54, 1.807) is 18.2 Å². The average molecular weight is 298 g/mol. The van der Waals surface area contributed by atoms with Crippen LogP contribution in [0.2, 0.25) is 10.0 Å². The van der Waals surface area contributed by atoms with Gasteiger partial charge in [0, 0.05) is 16.1 Å². The lowest BCUT2D eigenvalue weighted by molar-refractivity contribution is 0.872. The van der Waals surface area contributed by atoms with Crippen LogP contribution in [0.5, 0.6) is 0 Å². The molecule has 1 heterocycles. The van der Waals surface area contributed by atoms with Crippen molar-refractivity contribution in [2.24, 2.45) is 5.84 Å². The summed E-state index contributed by atoms with van der Waals surface area (Å²) in [6, 6.07) is 7.08. The Bertz CT molecular complexity index is 576. The lowest BCUT2D eigenvalue weighted by Gasteiger charge is -2.16. The molecule has 5 nitrogen and oxygen atoms in total. The first-order chi connectivity index (χ1) is 9.10. The Kier molecular flexibility index (Phi) is 4.42. The number of nitrogens with zero attached hydrogens (tertiary/aromatic N) is 2. The molecule has 0 bridgehead atoms. The fourth-order valence-corrected chi connectivity index (χ4v) is 2.24. The van der Waals surface area contributed by atoms with E-state index in [4.69, 9.17) is 29.0 Å². The predicted octanol–water partition coefficient (Wildman–Crippen LogP) is 3.24. The SMILES string of the molecule is CC(Nc1cc(NN)ncn1)c1ccc(Cl)cc1Cl. The summed E-state index contributed by atoms with van der Waals surface area (Å²) in [6.45, 7) is 1.98. The third-order valence-electron chi connectivity index (χ3n) is 2.61. The molecule has 0 fully saturated rings. The van der Waals surface area contributed by atoms with Crippen LogP contribution in [0, 0.1) is 0 Å². The zero-order valence-electron chi connectivity index (χ0n) is 10.2. The molecule has 100 valence electrons. The summed E-state index contributed by atoms with van der Waals surface area (Å²) in [5.74, 6) is 6.49. The second-order valence-corrected chi connectivity index (χ2v) is 4.81. The van der Waals surface area contributed by atoms with Crippen molar-refractivity contribution in [3.05, 3.63) is 46.2 Å². The fraction of sp³-hybridized carbons (Fsp3) is 0.167. The van der Waals surface area contributed by atoms with E-state index in [1.165, 1.54) is 6.33 Å². The predicted molar refractivity (Wildman–Crippen MR) is 78.3 cm³/mol. The van der Waals surface area contributed by atoms with Crippen LogP contribution in [0.15, 0.2) is 30.6 Å². The van der Waals surface area contributed by atoms with Gasteiger partial charge in [-0.15, -0.1) is 0 Å². The Labute approximate surface area is 121 Å². The van der Waals surface area contributed by atoms with E-state index >= 15 is 0 Å². The van der Waals surface area contributed by atoms with Crippen molar-refractivity contribution >= 4 is 34.8 Å². The van der Waals surface area contributed by atoms with E-state index in [9.17, 15) is 0 Å². The Morgan fingerprint density at radius 3 is 2.58 bits per heavy atom. The number of nitrogen functional groups attached to an aromatic ring is 1. The van der Waals surface area contributed by atoms with Crippen LogP contribution in [0.4, 0.5) is 11.6 Å². The summed E-state index contributed by atoms with van der Waals surface area (Å²) in [7, 11) is 0. The van der Waals surface area contributed by atoms with Crippen molar-refractivity contribution in [2.75, 3.05) is 10.7 Å². The van der Waals surface area contributed by atoms with Gasteiger partial charge in [0.25, 0.3) is 0 Å². The highest BCUT2D eigenvalue weighted by molar-refractivity contribution is 6.35. The molecule has 1 atom stereocenters. The first kappa shape index (κ1) is 13.9. The van der Waals surface area contributed by atoms with Gasteiger partial charge in [-0.05, 0) is 24.6 Å². The lowest BCUT2D eigenvalue weighted by atomic mass is 10.1. The maximum absolute atomic E-state index is 6.16. The molecule has 0 spiro atoms. The molecule has 2 aromatic rings. The average Bonchev–Trinajstić information content (AvgIpc) is 2.38. The van der Waals surface area contributed by atoms with Gasteiger partial charge in [0.15, 0.2) is 0 Å². The highest BCUT2D eigenvalue weighted by Gasteiger charge is 2.10. The minimum Gasteiger partial charge on any atom is -0.363 e. The number of hydrazine groups is 1. The maximum Gasteiger partial charge on any atom is 0.145 e. The van der Waals surface area contributed by atoms with Crippen LogP contribution < -0.4 is 16.6 Å². The van der Waals surface area contributed by atoms with E-state index in [0.29, 0.717) is 21.7 Å². The van der Waals surface area contributed by atoms with Crippen LogP contribution in [0.1, 0.15) is 18.5 Å². The smallest absolute Gasteiger partial charge is 0.145 e. The molecular weight excluding hydrogens is 285 g/mol. The molecule has 0 saturated carbocycles. The zero-order valence-corrected chi connectivity index (χ0v) is 11.7. The van der Waals surface area contributed by atoms with Crippen LogP contribution in [-0.4, -0.2) is 9.97 Å². The number of rotatable bonds is 4. The van der Waals surface area contributed by atoms with Crippen molar-refractivity contribution < 1.29 is 0 Å². The van der Waals surface area contributed by atoms with Gasteiger partial charge in [-0.1, -0.05) is 29.3 Å². The summed E-state index contributed by atoms with van der Waals surface area (Å²) in [6.07, 6.45) is 1.42. The first-order valence-electron chi connectivity index (χ1n) is 5.60. The zero-order chi connectivity index (χ0) is 13.8. The number of hydrogen-bond acceptors (Lipinski definition) is 5. The van der Waals surface area contributed by atoms with Gasteiger partial charge in [0.1, 0.15) is 18.0 Å². The number of nitrogens with two attached hydrogens (primary N) is 1. The van der Waals surface area contributed by atoms with E-state index in [1.807, 2.05) is 13.0 Å². The Balaban J connectivity index is 2.17. The monoisotopic (exact) mass is 297 g/mol. The molecular formula is C12H13Cl2N5. The molecule has 19 heavy (non-hydrogen) atoms. The molecule has 0 aliphatic carbocycles. The highest BCUT2D eigenvalue weighted by atomic mass is 35.5. The van der Waals surface area contributed by atoms with Crippen LogP contribution in [0.25, 0.3) is 0 Å². The van der Waals surface area contributed by atoms with Gasteiger partial charge in [0.2, 0.25) is 0 Å². The summed E-state index contributed by atoms with van der Waals surface area (Å²) < 4.78 is 0. The number of aromatic nitrogens is 2. The Hall–Kier alpha value is -1.56. The minimum atomic E-state index is -0.0229. The quantitative estimate of drug-likeness (QED) is 0.597. The van der Waals surface area contributed by atoms with Crippen LogP contribution in [0.3, 0.4) is 0 Å². The van der Waals surface area contributed by atoms with Crippen LogP contribution >= 0.6 is 23.2 Å². The summed E-state index contributed by atoms with van der Waals surface area (Å²) in [5.41, 5.74) is 3.40. The maximum atomic E-state index is 6.16. The normalized spacial score (nSPS) is 12.0. The molecule has 0 aliphatic heterocycles. The molecule has 1 unspecified atom stereocenters. The second kappa shape index (κ2) is 6.06. The largest absolute Gasteiger partial charge is 0.363 e. The number of hydrogen-bond donors (Lipinski definition) is 3. The first-order valence-corrected chi connectivity index (χ1v) is 6.36. The van der Waals surface area contributed by atoms with Crippen molar-refractivity contribution in [1.29, 1.82) is 0 Å². The van der Waals surface area contributed by atoms with Crippen LogP contribution in [-0.2, 0) is 0 Å². The van der Waals surface area contributed by atoms with E-state index in [-0.39, 0.29) is 6.04 Å². The molecule has 2 rings (SSSR count). The molecule has 0 amide bonds. The molecule has 7 heteroatoms.